The van der Waals surface area contributed by atoms with E-state index in [2.05, 4.69) is 0 Å². The summed E-state index contributed by atoms with van der Waals surface area (Å²) in [6.07, 6.45) is -0.801. The fourth-order valence-electron chi connectivity index (χ4n) is 5.77. The molecule has 8 N–H and O–H groups in total. The number of likely N-dealkylation sites (tertiary alicyclic amines) is 1. The van der Waals surface area contributed by atoms with Gasteiger partial charge < -0.3 is 50.7 Å². The molecule has 17 nitrogen and oxygen atoms in total. The molecule has 2 heterocycles. The number of carbonyl (C=O) groups excluding carboxylic acids is 2. The van der Waals surface area contributed by atoms with Crippen molar-refractivity contribution in [3.8, 4) is 0 Å². The molecule has 42 heavy (non-hydrogen) atoms. The Morgan fingerprint density at radius 1 is 0.476 bits per heavy atom. The number of urea groups is 1. The first-order valence-electron chi connectivity index (χ1n) is 14.5. The molecule has 0 saturated carbocycles. The van der Waals surface area contributed by atoms with Gasteiger partial charge >= 0.3 is 6.03 Å². The van der Waals surface area contributed by atoms with Crippen LogP contribution in [-0.4, -0.2) is 231 Å². The summed E-state index contributed by atoms with van der Waals surface area (Å²) in [6.45, 7) is -0.140. The van der Waals surface area contributed by atoms with E-state index < -0.39 is 24.2 Å². The molecule has 246 valence electrons. The average Bonchev–Trinajstić information content (AvgIpc) is 3.36. The second kappa shape index (κ2) is 19.5. The zero-order chi connectivity index (χ0) is 31.1. The van der Waals surface area contributed by atoms with Gasteiger partial charge in [-0.25, -0.2) is 4.79 Å². The third-order valence-corrected chi connectivity index (χ3v) is 7.65. The molecule has 0 unspecified atom stereocenters. The maximum Gasteiger partial charge on any atom is 0.324 e. The summed E-state index contributed by atoms with van der Waals surface area (Å²) in [5, 5.41) is 76.8. The van der Waals surface area contributed by atoms with Gasteiger partial charge in [0.05, 0.1) is 84.8 Å². The molecule has 2 rings (SSSR count). The van der Waals surface area contributed by atoms with Gasteiger partial charge in [0.2, 0.25) is 5.91 Å². The summed E-state index contributed by atoms with van der Waals surface area (Å²) in [5.74, 6) is -1.07. The Morgan fingerprint density at radius 2 is 0.810 bits per heavy atom. The molecular formula is C25H51N7O10. The zero-order valence-corrected chi connectivity index (χ0v) is 24.4. The van der Waals surface area contributed by atoms with Gasteiger partial charge in [0, 0.05) is 58.9 Å². The lowest BCUT2D eigenvalue weighted by Crippen LogP contribution is -2.54. The first-order valence-corrected chi connectivity index (χ1v) is 14.5. The van der Waals surface area contributed by atoms with Crippen LogP contribution in [0.15, 0.2) is 0 Å². The highest BCUT2D eigenvalue weighted by Crippen LogP contribution is 2.39. The minimum atomic E-state index is -0.801. The van der Waals surface area contributed by atoms with Crippen molar-refractivity contribution in [2.24, 2.45) is 5.92 Å². The van der Waals surface area contributed by atoms with Crippen molar-refractivity contribution in [2.75, 3.05) is 132 Å². The summed E-state index contributed by atoms with van der Waals surface area (Å²) >= 11 is 0. The zero-order valence-electron chi connectivity index (χ0n) is 24.4. The second-order valence-electron chi connectivity index (χ2n) is 10.4. The Hall–Kier alpha value is -1.74. The van der Waals surface area contributed by atoms with Crippen LogP contribution in [0.5, 0.6) is 0 Å². The third kappa shape index (κ3) is 9.63. The van der Waals surface area contributed by atoms with Crippen LogP contribution in [-0.2, 0) is 4.79 Å². The Bertz CT molecular complexity index is 646. The molecule has 0 aliphatic carbocycles. The minimum absolute atomic E-state index is 0.00618. The van der Waals surface area contributed by atoms with Crippen molar-refractivity contribution in [3.05, 3.63) is 0 Å². The molecule has 0 bridgehead atoms. The Balaban J connectivity index is 2.60. The van der Waals surface area contributed by atoms with Crippen LogP contribution in [0.3, 0.4) is 0 Å². The van der Waals surface area contributed by atoms with E-state index in [0.717, 1.165) is 0 Å². The van der Waals surface area contributed by atoms with Gasteiger partial charge in [-0.2, -0.15) is 0 Å². The number of aliphatic hydroxyl groups is 8. The molecular weight excluding hydrogens is 558 g/mol. The molecule has 2 aliphatic rings. The first-order chi connectivity index (χ1) is 20.3. The molecule has 0 spiro atoms. The van der Waals surface area contributed by atoms with Gasteiger partial charge in [0.25, 0.3) is 0 Å². The van der Waals surface area contributed by atoms with Gasteiger partial charge in [-0.15, -0.1) is 0 Å². The normalized spacial score (nSPS) is 21.0. The summed E-state index contributed by atoms with van der Waals surface area (Å²) in [5.41, 5.74) is 0. The predicted octanol–water partition coefficient (Wildman–Crippen LogP) is -6.10. The minimum Gasteiger partial charge on any atom is -0.395 e. The van der Waals surface area contributed by atoms with Gasteiger partial charge in [-0.3, -0.25) is 29.3 Å². The molecule has 3 amide bonds. The number of hydrogen-bond donors (Lipinski definition) is 8. The van der Waals surface area contributed by atoms with E-state index in [1.165, 1.54) is 14.7 Å². The Kier molecular flexibility index (Phi) is 16.9. The van der Waals surface area contributed by atoms with E-state index in [4.69, 9.17) is 0 Å². The summed E-state index contributed by atoms with van der Waals surface area (Å²) in [6, 6.07) is -1.12. The smallest absolute Gasteiger partial charge is 0.324 e. The molecule has 0 aromatic carbocycles. The maximum absolute atomic E-state index is 14.2. The number of carbonyl (C=O) groups is 2. The highest BCUT2D eigenvalue weighted by Gasteiger charge is 2.60. The molecule has 0 aromatic heterocycles. The largest absolute Gasteiger partial charge is 0.395 e. The van der Waals surface area contributed by atoms with E-state index >= 15 is 0 Å². The number of amides is 3. The molecule has 3 atom stereocenters. The van der Waals surface area contributed by atoms with Gasteiger partial charge in [-0.05, 0) is 0 Å². The topological polar surface area (TPSA) is 219 Å². The highest BCUT2D eigenvalue weighted by molar-refractivity contribution is 5.88. The maximum atomic E-state index is 14.2. The number of aliphatic hydroxyl groups excluding tert-OH is 8. The van der Waals surface area contributed by atoms with E-state index in [1.54, 1.807) is 19.6 Å². The number of nitrogens with zero attached hydrogens (tertiary/aromatic N) is 7. The van der Waals surface area contributed by atoms with Crippen molar-refractivity contribution in [2.45, 2.75) is 12.2 Å². The van der Waals surface area contributed by atoms with E-state index in [0.29, 0.717) is 0 Å². The molecule has 17 heteroatoms. The van der Waals surface area contributed by atoms with Gasteiger partial charge in [-0.1, -0.05) is 0 Å². The summed E-state index contributed by atoms with van der Waals surface area (Å²) in [4.78, 5) is 39.7. The van der Waals surface area contributed by atoms with Gasteiger partial charge in [0.15, 0.2) is 0 Å². The van der Waals surface area contributed by atoms with E-state index in [1.807, 2.05) is 0 Å². The Morgan fingerprint density at radius 3 is 1.19 bits per heavy atom. The van der Waals surface area contributed by atoms with Crippen LogP contribution in [0.2, 0.25) is 0 Å². The van der Waals surface area contributed by atoms with Gasteiger partial charge in [0.1, 0.15) is 6.17 Å². The molecule has 0 aromatic rings. The average molecular weight is 610 g/mol. The lowest BCUT2D eigenvalue weighted by molar-refractivity contribution is -0.137. The van der Waals surface area contributed by atoms with Crippen molar-refractivity contribution in [3.63, 3.8) is 0 Å². The third-order valence-electron chi connectivity index (χ3n) is 7.65. The van der Waals surface area contributed by atoms with Crippen molar-refractivity contribution < 1.29 is 50.4 Å². The number of rotatable bonds is 24. The van der Waals surface area contributed by atoms with Crippen LogP contribution < -0.4 is 0 Å². The number of fused-ring (bicyclic) bond motifs is 1. The molecule has 2 aliphatic heterocycles. The lowest BCUT2D eigenvalue weighted by Gasteiger charge is -2.36. The van der Waals surface area contributed by atoms with Crippen molar-refractivity contribution >= 4 is 11.9 Å². The first kappa shape index (κ1) is 36.5. The van der Waals surface area contributed by atoms with E-state index in [9.17, 15) is 50.4 Å². The fourth-order valence-corrected chi connectivity index (χ4v) is 5.77. The van der Waals surface area contributed by atoms with Crippen LogP contribution in [0.4, 0.5) is 4.79 Å². The SMILES string of the molecule is O=C1[C@@H](CN(CCO)CCO)[C@@H]2[C@@H](N1CN(CCO)CCO)N(CN(CCO)CCO)C(=O)N2CN(CCO)CCO. The van der Waals surface area contributed by atoms with Crippen molar-refractivity contribution in [1.29, 1.82) is 0 Å². The highest BCUT2D eigenvalue weighted by atomic mass is 16.3. The lowest BCUT2D eigenvalue weighted by atomic mass is 10.00. The standard InChI is InChI=1S/C25H51N7O10/c33-9-1-26(2-10-34)17-21-22-23(31(24(21)41)19-28(5-13-37)6-14-38)32(20-29(7-15-39)8-16-40)25(42)30(22)18-27(3-11-35)4-12-36/h21-23,33-40H,1-20H2/t21-,22+,23-/m0/s1. The molecule has 2 saturated heterocycles. The number of hydrogen-bond acceptors (Lipinski definition) is 14. The fraction of sp³-hybridized carbons (Fsp3) is 0.920. The Labute approximate surface area is 246 Å². The second-order valence-corrected chi connectivity index (χ2v) is 10.4. The van der Waals surface area contributed by atoms with Crippen LogP contribution in [0.25, 0.3) is 0 Å². The molecule has 0 radical (unpaired) electrons. The summed E-state index contributed by atoms with van der Waals surface area (Å²) < 4.78 is 0. The van der Waals surface area contributed by atoms with Crippen LogP contribution >= 0.6 is 0 Å². The molecule has 2 fully saturated rings. The van der Waals surface area contributed by atoms with E-state index in [-0.39, 0.29) is 138 Å². The van der Waals surface area contributed by atoms with Crippen LogP contribution in [0, 0.1) is 5.92 Å². The predicted molar refractivity (Wildman–Crippen MR) is 149 cm³/mol. The summed E-state index contributed by atoms with van der Waals surface area (Å²) in [7, 11) is 0. The monoisotopic (exact) mass is 609 g/mol. The van der Waals surface area contributed by atoms with Crippen molar-refractivity contribution in [1.82, 2.24) is 34.3 Å². The van der Waals surface area contributed by atoms with Crippen LogP contribution in [0.1, 0.15) is 0 Å². The quantitative estimate of drug-likeness (QED) is 0.0511.